The van der Waals surface area contributed by atoms with Crippen molar-refractivity contribution in [2.45, 2.75) is 44.9 Å². The summed E-state index contributed by atoms with van der Waals surface area (Å²) in [6.07, 6.45) is -4.27. The minimum absolute atomic E-state index is 0.0179. The second-order valence-electron chi connectivity index (χ2n) is 4.42. The first-order chi connectivity index (χ1) is 8.37. The zero-order valence-electron chi connectivity index (χ0n) is 10.2. The lowest BCUT2D eigenvalue weighted by Gasteiger charge is -2.14. The highest BCUT2D eigenvalue weighted by atomic mass is 19.4. The van der Waals surface area contributed by atoms with E-state index in [-0.39, 0.29) is 18.3 Å². The quantitative estimate of drug-likeness (QED) is 0.764. The highest BCUT2D eigenvalue weighted by molar-refractivity contribution is 5.15. The lowest BCUT2D eigenvalue weighted by molar-refractivity contribution is -0.135. The molecule has 0 fully saturated rings. The van der Waals surface area contributed by atoms with Crippen molar-refractivity contribution in [2.24, 2.45) is 0 Å². The fraction of sp³-hybridized carbons (Fsp3) is 0.538. The van der Waals surface area contributed by atoms with Crippen LogP contribution < -0.4 is 5.32 Å². The van der Waals surface area contributed by atoms with Crippen LogP contribution in [0.4, 0.5) is 17.6 Å². The number of halogens is 4. The molecule has 18 heavy (non-hydrogen) atoms. The predicted molar refractivity (Wildman–Crippen MR) is 62.6 cm³/mol. The van der Waals surface area contributed by atoms with Crippen molar-refractivity contribution in [2.75, 3.05) is 0 Å². The zero-order valence-corrected chi connectivity index (χ0v) is 10.2. The maximum Gasteiger partial charge on any atom is 0.389 e. The maximum atomic E-state index is 12.9. The Morgan fingerprint density at radius 2 is 2.00 bits per heavy atom. The first kappa shape index (κ1) is 15.0. The first-order valence-corrected chi connectivity index (χ1v) is 5.91. The van der Waals surface area contributed by atoms with Crippen molar-refractivity contribution in [3.63, 3.8) is 0 Å². The fourth-order valence-corrected chi connectivity index (χ4v) is 1.65. The van der Waals surface area contributed by atoms with E-state index in [9.17, 15) is 17.6 Å². The highest BCUT2D eigenvalue weighted by Crippen LogP contribution is 2.22. The van der Waals surface area contributed by atoms with Gasteiger partial charge in [-0.2, -0.15) is 13.2 Å². The van der Waals surface area contributed by atoms with E-state index in [0.29, 0.717) is 13.0 Å². The molecule has 1 unspecified atom stereocenters. The van der Waals surface area contributed by atoms with E-state index in [1.807, 2.05) is 6.92 Å². The number of nitrogens with one attached hydrogen (secondary N) is 1. The molecule has 102 valence electrons. The summed E-state index contributed by atoms with van der Waals surface area (Å²) in [7, 11) is 0. The van der Waals surface area contributed by atoms with Gasteiger partial charge in [-0.15, -0.1) is 0 Å². The standard InChI is InChI=1S/C13H17F4N/c1-10(4-3-7-13(15,16)17)18-9-11-5-2-6-12(14)8-11/h2,5-6,8,10,18H,3-4,7,9H2,1H3. The van der Waals surface area contributed by atoms with Crippen LogP contribution >= 0.6 is 0 Å². The van der Waals surface area contributed by atoms with Gasteiger partial charge in [0.25, 0.3) is 0 Å². The van der Waals surface area contributed by atoms with Gasteiger partial charge in [0.05, 0.1) is 0 Å². The molecule has 0 aliphatic rings. The summed E-state index contributed by atoms with van der Waals surface area (Å²) in [5.74, 6) is -0.306. The molecule has 0 aliphatic carbocycles. The van der Waals surface area contributed by atoms with E-state index in [1.165, 1.54) is 12.1 Å². The van der Waals surface area contributed by atoms with Crippen molar-refractivity contribution in [1.29, 1.82) is 0 Å². The molecule has 0 amide bonds. The SMILES string of the molecule is CC(CCCC(F)(F)F)NCc1cccc(F)c1. The molecule has 0 saturated heterocycles. The molecule has 0 aliphatic heterocycles. The summed E-state index contributed by atoms with van der Waals surface area (Å²) in [5.41, 5.74) is 0.790. The van der Waals surface area contributed by atoms with Crippen LogP contribution in [0.15, 0.2) is 24.3 Å². The number of benzene rings is 1. The van der Waals surface area contributed by atoms with Gasteiger partial charge in [0.15, 0.2) is 0 Å². The van der Waals surface area contributed by atoms with E-state index in [0.717, 1.165) is 5.56 Å². The Hall–Kier alpha value is -1.10. The molecule has 0 bridgehead atoms. The van der Waals surface area contributed by atoms with Crippen LogP contribution in [0.1, 0.15) is 31.7 Å². The summed E-state index contributed by atoms with van der Waals surface area (Å²) >= 11 is 0. The molecule has 1 atom stereocenters. The van der Waals surface area contributed by atoms with Crippen LogP contribution in [-0.4, -0.2) is 12.2 Å². The molecule has 0 radical (unpaired) electrons. The second kappa shape index (κ2) is 6.73. The Balaban J connectivity index is 2.23. The number of hydrogen-bond acceptors (Lipinski definition) is 1. The first-order valence-electron chi connectivity index (χ1n) is 5.91. The molecule has 1 N–H and O–H groups in total. The smallest absolute Gasteiger partial charge is 0.310 e. The van der Waals surface area contributed by atoms with Crippen molar-refractivity contribution in [3.8, 4) is 0 Å². The average molecular weight is 263 g/mol. The van der Waals surface area contributed by atoms with Gasteiger partial charge in [-0.05, 0) is 37.5 Å². The Morgan fingerprint density at radius 1 is 1.28 bits per heavy atom. The third kappa shape index (κ3) is 6.59. The van der Waals surface area contributed by atoms with Crippen molar-refractivity contribution in [3.05, 3.63) is 35.6 Å². The largest absolute Gasteiger partial charge is 0.389 e. The molecular weight excluding hydrogens is 246 g/mol. The zero-order chi connectivity index (χ0) is 13.6. The summed E-state index contributed by atoms with van der Waals surface area (Å²) in [5, 5.41) is 3.08. The lowest BCUT2D eigenvalue weighted by atomic mass is 10.1. The van der Waals surface area contributed by atoms with Gasteiger partial charge in [0, 0.05) is 19.0 Å². The van der Waals surface area contributed by atoms with Gasteiger partial charge >= 0.3 is 6.18 Å². The molecular formula is C13H17F4N. The van der Waals surface area contributed by atoms with Gasteiger partial charge < -0.3 is 5.32 Å². The topological polar surface area (TPSA) is 12.0 Å². The third-order valence-electron chi connectivity index (χ3n) is 2.64. The predicted octanol–water partition coefficient (Wildman–Crippen LogP) is 4.04. The van der Waals surface area contributed by atoms with Gasteiger partial charge in [0.2, 0.25) is 0 Å². The van der Waals surface area contributed by atoms with E-state index in [4.69, 9.17) is 0 Å². The van der Waals surface area contributed by atoms with Crippen molar-refractivity contribution in [1.82, 2.24) is 5.32 Å². The minimum Gasteiger partial charge on any atom is -0.310 e. The maximum absolute atomic E-state index is 12.9. The molecule has 0 aromatic heterocycles. The summed E-state index contributed by atoms with van der Waals surface area (Å²) in [6.45, 7) is 2.29. The van der Waals surface area contributed by atoms with E-state index < -0.39 is 12.6 Å². The lowest BCUT2D eigenvalue weighted by Crippen LogP contribution is -2.25. The van der Waals surface area contributed by atoms with Gasteiger partial charge in [-0.25, -0.2) is 4.39 Å². The molecule has 5 heteroatoms. The summed E-state index contributed by atoms with van der Waals surface area (Å²) in [4.78, 5) is 0. The van der Waals surface area contributed by atoms with E-state index in [1.54, 1.807) is 12.1 Å². The van der Waals surface area contributed by atoms with Crippen molar-refractivity contribution >= 4 is 0 Å². The van der Waals surface area contributed by atoms with Crippen LogP contribution in [0.5, 0.6) is 0 Å². The molecule has 1 aromatic rings. The van der Waals surface area contributed by atoms with Crippen LogP contribution in [-0.2, 0) is 6.54 Å². The van der Waals surface area contributed by atoms with Gasteiger partial charge in [-0.1, -0.05) is 12.1 Å². The Labute approximate surface area is 104 Å². The third-order valence-corrected chi connectivity index (χ3v) is 2.64. The monoisotopic (exact) mass is 263 g/mol. The molecule has 1 rings (SSSR count). The summed E-state index contributed by atoms with van der Waals surface area (Å²) < 4.78 is 48.7. The van der Waals surface area contributed by atoms with Crippen LogP contribution in [0, 0.1) is 5.82 Å². The Kier molecular flexibility index (Phi) is 5.59. The minimum atomic E-state index is -4.08. The number of alkyl halides is 3. The Bertz CT molecular complexity index is 362. The van der Waals surface area contributed by atoms with Crippen molar-refractivity contribution < 1.29 is 17.6 Å². The average Bonchev–Trinajstić information content (AvgIpc) is 2.25. The number of hydrogen-bond donors (Lipinski definition) is 1. The van der Waals surface area contributed by atoms with Gasteiger partial charge in [0.1, 0.15) is 5.82 Å². The second-order valence-corrected chi connectivity index (χ2v) is 4.42. The molecule has 0 spiro atoms. The van der Waals surface area contributed by atoms with Crippen LogP contribution in [0.2, 0.25) is 0 Å². The molecule has 1 nitrogen and oxygen atoms in total. The van der Waals surface area contributed by atoms with Crippen LogP contribution in [0.25, 0.3) is 0 Å². The molecule has 0 saturated carbocycles. The molecule has 1 aromatic carbocycles. The normalized spacial score (nSPS) is 13.6. The molecule has 0 heterocycles. The highest BCUT2D eigenvalue weighted by Gasteiger charge is 2.26. The van der Waals surface area contributed by atoms with E-state index in [2.05, 4.69) is 5.32 Å². The van der Waals surface area contributed by atoms with E-state index >= 15 is 0 Å². The van der Waals surface area contributed by atoms with Gasteiger partial charge in [-0.3, -0.25) is 0 Å². The summed E-state index contributed by atoms with van der Waals surface area (Å²) in [6, 6.07) is 6.14. The Morgan fingerprint density at radius 3 is 2.61 bits per heavy atom. The fourth-order valence-electron chi connectivity index (χ4n) is 1.65. The number of rotatable bonds is 6. The van der Waals surface area contributed by atoms with Crippen LogP contribution in [0.3, 0.4) is 0 Å².